The Morgan fingerprint density at radius 3 is 2.69 bits per heavy atom. The van der Waals surface area contributed by atoms with Crippen molar-refractivity contribution in [2.75, 3.05) is 18.0 Å². The highest BCUT2D eigenvalue weighted by Gasteiger charge is 2.17. The summed E-state index contributed by atoms with van der Waals surface area (Å²) in [6.07, 6.45) is 7.17. The second-order valence-corrected chi connectivity index (χ2v) is 7.61. The number of imidazole rings is 1. The molecule has 0 aliphatic carbocycles. The van der Waals surface area contributed by atoms with Crippen LogP contribution < -0.4 is 16.2 Å². The Kier molecular flexibility index (Phi) is 4.09. The van der Waals surface area contributed by atoms with Gasteiger partial charge in [0.15, 0.2) is 11.5 Å². The molecule has 148 valence electrons. The highest BCUT2D eigenvalue weighted by atomic mass is 19.1. The number of nitrogens with zero attached hydrogens (tertiary/aromatic N) is 5. The fraction of sp³-hybridized carbons (Fsp3) is 0.286. The third-order valence-electron chi connectivity index (χ3n) is 5.47. The molecule has 0 radical (unpaired) electrons. The summed E-state index contributed by atoms with van der Waals surface area (Å²) in [5, 5.41) is 0. The van der Waals surface area contributed by atoms with Gasteiger partial charge in [-0.05, 0) is 38.0 Å². The van der Waals surface area contributed by atoms with E-state index in [1.54, 1.807) is 23.7 Å². The van der Waals surface area contributed by atoms with Crippen molar-refractivity contribution < 1.29 is 4.39 Å². The van der Waals surface area contributed by atoms with E-state index in [2.05, 4.69) is 14.9 Å². The van der Waals surface area contributed by atoms with Gasteiger partial charge in [-0.15, -0.1) is 0 Å². The van der Waals surface area contributed by atoms with Crippen LogP contribution in [-0.2, 0) is 0 Å². The van der Waals surface area contributed by atoms with Gasteiger partial charge in [-0.25, -0.2) is 14.4 Å². The molecule has 5 heterocycles. The number of pyridine rings is 2. The molecule has 4 aromatic rings. The molecule has 0 atom stereocenters. The summed E-state index contributed by atoms with van der Waals surface area (Å²) in [5.74, 6) is -0.448. The van der Waals surface area contributed by atoms with Gasteiger partial charge in [0.1, 0.15) is 5.65 Å². The normalized spacial score (nSPS) is 15.5. The Morgan fingerprint density at radius 1 is 1.10 bits per heavy atom. The molecule has 1 fully saturated rings. The molecule has 0 amide bonds. The number of hydrogen-bond donors (Lipinski definition) is 1. The monoisotopic (exact) mass is 392 g/mol. The molecule has 29 heavy (non-hydrogen) atoms. The van der Waals surface area contributed by atoms with E-state index in [-0.39, 0.29) is 17.2 Å². The maximum atomic E-state index is 14.4. The second-order valence-electron chi connectivity index (χ2n) is 7.61. The number of anilines is 1. The highest BCUT2D eigenvalue weighted by Crippen LogP contribution is 2.23. The Balaban J connectivity index is 1.57. The van der Waals surface area contributed by atoms with E-state index < -0.39 is 5.82 Å². The number of aromatic nitrogens is 4. The fourth-order valence-corrected chi connectivity index (χ4v) is 3.90. The predicted octanol–water partition coefficient (Wildman–Crippen LogP) is 2.38. The van der Waals surface area contributed by atoms with Crippen LogP contribution in [0.1, 0.15) is 18.5 Å². The highest BCUT2D eigenvalue weighted by molar-refractivity contribution is 5.64. The first-order valence-corrected chi connectivity index (χ1v) is 9.67. The van der Waals surface area contributed by atoms with Gasteiger partial charge in [0.2, 0.25) is 0 Å². The fourth-order valence-electron chi connectivity index (χ4n) is 3.90. The molecular weight excluding hydrogens is 371 g/mol. The Hall–Kier alpha value is -3.26. The largest absolute Gasteiger partial charge is 0.370 e. The van der Waals surface area contributed by atoms with Crippen molar-refractivity contribution in [3.8, 4) is 11.3 Å². The maximum absolute atomic E-state index is 14.4. The molecule has 2 N–H and O–H groups in total. The lowest BCUT2D eigenvalue weighted by atomic mass is 10.1. The van der Waals surface area contributed by atoms with Crippen LogP contribution in [0.15, 0.2) is 47.7 Å². The molecule has 5 rings (SSSR count). The summed E-state index contributed by atoms with van der Waals surface area (Å²) in [4.78, 5) is 23.8. The molecule has 0 spiro atoms. The molecule has 1 saturated heterocycles. The van der Waals surface area contributed by atoms with Crippen LogP contribution in [0, 0.1) is 12.7 Å². The van der Waals surface area contributed by atoms with E-state index in [0.29, 0.717) is 16.9 Å². The molecule has 0 aromatic carbocycles. The van der Waals surface area contributed by atoms with Gasteiger partial charge >= 0.3 is 0 Å². The number of halogens is 1. The summed E-state index contributed by atoms with van der Waals surface area (Å²) in [6, 6.07) is 6.84. The summed E-state index contributed by atoms with van der Waals surface area (Å²) < 4.78 is 17.6. The third kappa shape index (κ3) is 3.15. The van der Waals surface area contributed by atoms with Gasteiger partial charge in [0, 0.05) is 49.4 Å². The lowest BCUT2D eigenvalue weighted by Crippen LogP contribution is -2.39. The third-order valence-corrected chi connectivity index (χ3v) is 5.47. The van der Waals surface area contributed by atoms with E-state index in [9.17, 15) is 9.18 Å². The van der Waals surface area contributed by atoms with Crippen LogP contribution in [0.25, 0.3) is 22.6 Å². The average Bonchev–Trinajstić information content (AvgIpc) is 3.09. The van der Waals surface area contributed by atoms with E-state index in [1.807, 2.05) is 18.3 Å². The molecule has 4 aromatic heterocycles. The number of nitrogens with two attached hydrogens (primary N) is 1. The van der Waals surface area contributed by atoms with Gasteiger partial charge < -0.3 is 15.0 Å². The number of aryl methyl sites for hydroxylation is 1. The maximum Gasteiger partial charge on any atom is 0.258 e. The first kappa shape index (κ1) is 17.8. The lowest BCUT2D eigenvalue weighted by molar-refractivity contribution is 0.501. The summed E-state index contributed by atoms with van der Waals surface area (Å²) in [7, 11) is 0. The smallest absolute Gasteiger partial charge is 0.258 e. The van der Waals surface area contributed by atoms with Crippen LogP contribution in [0.4, 0.5) is 10.1 Å². The van der Waals surface area contributed by atoms with Crippen molar-refractivity contribution in [2.24, 2.45) is 5.73 Å². The Morgan fingerprint density at radius 2 is 1.90 bits per heavy atom. The minimum atomic E-state index is -0.448. The molecule has 1 aliphatic rings. The second kappa shape index (κ2) is 6.66. The Bertz CT molecular complexity index is 1290. The van der Waals surface area contributed by atoms with Crippen LogP contribution in [-0.4, -0.2) is 37.9 Å². The quantitative estimate of drug-likeness (QED) is 0.567. The van der Waals surface area contributed by atoms with Crippen molar-refractivity contribution in [1.29, 1.82) is 0 Å². The zero-order valence-corrected chi connectivity index (χ0v) is 16.0. The van der Waals surface area contributed by atoms with Crippen molar-refractivity contribution in [1.82, 2.24) is 18.8 Å². The number of fused-ring (bicyclic) bond motifs is 2. The number of hydrogen-bond acceptors (Lipinski definition) is 5. The van der Waals surface area contributed by atoms with Crippen LogP contribution in [0.2, 0.25) is 0 Å². The van der Waals surface area contributed by atoms with Crippen LogP contribution in [0.5, 0.6) is 0 Å². The summed E-state index contributed by atoms with van der Waals surface area (Å²) >= 11 is 0. The minimum Gasteiger partial charge on any atom is -0.370 e. The molecule has 0 bridgehead atoms. The number of piperidine rings is 1. The van der Waals surface area contributed by atoms with Gasteiger partial charge in [-0.2, -0.15) is 0 Å². The average molecular weight is 392 g/mol. The standard InChI is InChI=1S/C21H21FN6O/c1-13-10-27-11-14(8-17(22)21(27)24-13)18-9-20(29)28-12-16(2-3-19(28)25-18)26-6-4-15(23)5-7-26/h2-3,8-12,15H,4-7,23H2,1H3. The molecule has 0 unspecified atom stereocenters. The van der Waals surface area contributed by atoms with E-state index in [0.717, 1.165) is 37.3 Å². The first-order chi connectivity index (χ1) is 14.0. The van der Waals surface area contributed by atoms with Gasteiger partial charge in [-0.3, -0.25) is 9.20 Å². The zero-order chi connectivity index (χ0) is 20.1. The topological polar surface area (TPSA) is 80.9 Å². The van der Waals surface area contributed by atoms with Crippen molar-refractivity contribution in [3.63, 3.8) is 0 Å². The lowest BCUT2D eigenvalue weighted by Gasteiger charge is -2.32. The van der Waals surface area contributed by atoms with Crippen molar-refractivity contribution in [2.45, 2.75) is 25.8 Å². The van der Waals surface area contributed by atoms with Crippen molar-refractivity contribution in [3.05, 3.63) is 64.7 Å². The summed E-state index contributed by atoms with van der Waals surface area (Å²) in [6.45, 7) is 3.55. The minimum absolute atomic E-state index is 0.206. The van der Waals surface area contributed by atoms with Crippen molar-refractivity contribution >= 4 is 17.0 Å². The zero-order valence-electron chi connectivity index (χ0n) is 16.0. The first-order valence-electron chi connectivity index (χ1n) is 9.67. The van der Waals surface area contributed by atoms with E-state index >= 15 is 0 Å². The Labute approximate surface area is 166 Å². The van der Waals surface area contributed by atoms with E-state index in [4.69, 9.17) is 5.73 Å². The molecular formula is C21H21FN6O. The molecule has 0 saturated carbocycles. The molecule has 1 aliphatic heterocycles. The summed E-state index contributed by atoms with van der Waals surface area (Å²) in [5.41, 5.74) is 9.21. The van der Waals surface area contributed by atoms with Gasteiger partial charge in [0.25, 0.3) is 5.56 Å². The van der Waals surface area contributed by atoms with Crippen LogP contribution >= 0.6 is 0 Å². The van der Waals surface area contributed by atoms with Gasteiger partial charge in [-0.1, -0.05) is 0 Å². The van der Waals surface area contributed by atoms with Gasteiger partial charge in [0.05, 0.1) is 17.1 Å². The van der Waals surface area contributed by atoms with Crippen LogP contribution in [0.3, 0.4) is 0 Å². The number of rotatable bonds is 2. The predicted molar refractivity (Wildman–Crippen MR) is 110 cm³/mol. The van der Waals surface area contributed by atoms with E-state index in [1.165, 1.54) is 16.5 Å². The molecule has 7 nitrogen and oxygen atoms in total. The SMILES string of the molecule is Cc1cn2cc(-c3cc(=O)n4cc(N5CCC(N)CC5)ccc4n3)cc(F)c2n1. The molecule has 8 heteroatoms.